The van der Waals surface area contributed by atoms with Crippen LogP contribution in [0.5, 0.6) is 0 Å². The van der Waals surface area contributed by atoms with Gasteiger partial charge in [-0.3, -0.25) is 0 Å². The summed E-state index contributed by atoms with van der Waals surface area (Å²) in [6, 6.07) is 0. The topological polar surface area (TPSA) is 12.0 Å². The van der Waals surface area contributed by atoms with Gasteiger partial charge in [0.1, 0.15) is 0 Å². The maximum atomic E-state index is 3.46. The van der Waals surface area contributed by atoms with E-state index in [9.17, 15) is 0 Å². The average molecular weight is 125 g/mol. The van der Waals surface area contributed by atoms with E-state index >= 15 is 0 Å². The molecule has 1 nitrogen and oxygen atoms in total. The zero-order chi connectivity index (χ0) is 6.10. The molecule has 2 rings (SSSR count). The Morgan fingerprint density at radius 3 is 2.78 bits per heavy atom. The summed E-state index contributed by atoms with van der Waals surface area (Å²) in [6.07, 6.45) is 5.96. The number of piperidine rings is 1. The van der Waals surface area contributed by atoms with Crippen LogP contribution in [0.15, 0.2) is 0 Å². The van der Waals surface area contributed by atoms with E-state index in [4.69, 9.17) is 0 Å². The Kier molecular flexibility index (Phi) is 1.46. The van der Waals surface area contributed by atoms with Gasteiger partial charge in [0.15, 0.2) is 0 Å². The summed E-state index contributed by atoms with van der Waals surface area (Å²) in [6.45, 7) is 2.59. The van der Waals surface area contributed by atoms with E-state index in [1.165, 1.54) is 38.8 Å². The molecule has 1 saturated heterocycles. The fraction of sp³-hybridized carbons (Fsp3) is 1.00. The summed E-state index contributed by atoms with van der Waals surface area (Å²) in [5, 5.41) is 3.46. The van der Waals surface area contributed by atoms with Crippen LogP contribution in [0.3, 0.4) is 0 Å². The van der Waals surface area contributed by atoms with E-state index in [0.717, 1.165) is 11.8 Å². The Hall–Kier alpha value is -0.0400. The van der Waals surface area contributed by atoms with Gasteiger partial charge in [0.05, 0.1) is 0 Å². The summed E-state index contributed by atoms with van der Waals surface area (Å²) in [7, 11) is 0. The number of rotatable bonds is 0. The number of hydrogen-bond acceptors (Lipinski definition) is 1. The molecule has 2 aliphatic rings. The lowest BCUT2D eigenvalue weighted by Gasteiger charge is -2.25. The largest absolute Gasteiger partial charge is 0.316 e. The third-order valence-corrected chi connectivity index (χ3v) is 2.91. The first-order valence-corrected chi connectivity index (χ1v) is 4.17. The predicted molar refractivity (Wildman–Crippen MR) is 38.3 cm³/mol. The standard InChI is InChI=1S/C8H15N/c1-2-7-4-5-9-6-8(7)3-1/h7-9H,1-6H2. The van der Waals surface area contributed by atoms with Gasteiger partial charge in [0.25, 0.3) is 0 Å². The normalized spacial score (nSPS) is 42.7. The van der Waals surface area contributed by atoms with Gasteiger partial charge in [-0.25, -0.2) is 0 Å². The maximum absolute atomic E-state index is 3.46. The van der Waals surface area contributed by atoms with Crippen LogP contribution in [0.1, 0.15) is 25.7 Å². The highest BCUT2D eigenvalue weighted by molar-refractivity contribution is 4.82. The van der Waals surface area contributed by atoms with Gasteiger partial charge < -0.3 is 5.32 Å². The van der Waals surface area contributed by atoms with Crippen molar-refractivity contribution in [3.05, 3.63) is 0 Å². The fourth-order valence-electron chi connectivity index (χ4n) is 2.34. The van der Waals surface area contributed by atoms with Crippen molar-refractivity contribution >= 4 is 0 Å². The molecule has 9 heavy (non-hydrogen) atoms. The van der Waals surface area contributed by atoms with Crippen LogP contribution in [0.4, 0.5) is 0 Å². The molecule has 2 unspecified atom stereocenters. The summed E-state index contributed by atoms with van der Waals surface area (Å²) in [4.78, 5) is 0. The van der Waals surface area contributed by atoms with Gasteiger partial charge in [0, 0.05) is 0 Å². The van der Waals surface area contributed by atoms with Crippen molar-refractivity contribution in [2.45, 2.75) is 25.7 Å². The predicted octanol–water partition coefficient (Wildman–Crippen LogP) is 1.40. The van der Waals surface area contributed by atoms with E-state index in [1.54, 1.807) is 0 Å². The first-order valence-electron chi connectivity index (χ1n) is 4.17. The molecule has 0 aromatic carbocycles. The lowest BCUT2D eigenvalue weighted by atomic mass is 9.90. The molecule has 1 heterocycles. The van der Waals surface area contributed by atoms with Crippen LogP contribution >= 0.6 is 0 Å². The van der Waals surface area contributed by atoms with E-state index in [-0.39, 0.29) is 0 Å². The smallest absolute Gasteiger partial charge is 0.00179 e. The van der Waals surface area contributed by atoms with E-state index in [0.29, 0.717) is 0 Å². The van der Waals surface area contributed by atoms with E-state index in [2.05, 4.69) is 5.32 Å². The highest BCUT2D eigenvalue weighted by Gasteiger charge is 2.28. The quantitative estimate of drug-likeness (QED) is 0.516. The van der Waals surface area contributed by atoms with Crippen molar-refractivity contribution < 1.29 is 0 Å². The molecule has 1 N–H and O–H groups in total. The van der Waals surface area contributed by atoms with Gasteiger partial charge in [-0.15, -0.1) is 0 Å². The van der Waals surface area contributed by atoms with Gasteiger partial charge in [-0.2, -0.15) is 0 Å². The Bertz CT molecular complexity index is 88.7. The van der Waals surface area contributed by atoms with Crippen LogP contribution in [0.25, 0.3) is 0 Å². The van der Waals surface area contributed by atoms with Crippen molar-refractivity contribution in [3.8, 4) is 0 Å². The van der Waals surface area contributed by atoms with Gasteiger partial charge in [0.2, 0.25) is 0 Å². The lowest BCUT2D eigenvalue weighted by molar-refractivity contribution is 0.295. The second-order valence-corrected chi connectivity index (χ2v) is 3.44. The van der Waals surface area contributed by atoms with Crippen molar-refractivity contribution in [2.75, 3.05) is 13.1 Å². The summed E-state index contributed by atoms with van der Waals surface area (Å²) in [5.74, 6) is 2.16. The zero-order valence-corrected chi connectivity index (χ0v) is 5.90. The molecule has 1 saturated carbocycles. The Balaban J connectivity index is 1.97. The highest BCUT2D eigenvalue weighted by Crippen LogP contribution is 2.34. The van der Waals surface area contributed by atoms with Gasteiger partial charge in [-0.1, -0.05) is 12.8 Å². The molecule has 0 spiro atoms. The first kappa shape index (κ1) is 5.72. The van der Waals surface area contributed by atoms with E-state index in [1.807, 2.05) is 0 Å². The Labute approximate surface area is 56.8 Å². The van der Waals surface area contributed by atoms with Crippen LogP contribution < -0.4 is 5.32 Å². The van der Waals surface area contributed by atoms with Crippen molar-refractivity contribution in [2.24, 2.45) is 11.8 Å². The SMILES string of the molecule is C1CC2CCNCC2C1. The van der Waals surface area contributed by atoms with Crippen LogP contribution in [-0.4, -0.2) is 13.1 Å². The van der Waals surface area contributed by atoms with Crippen LogP contribution in [0, 0.1) is 11.8 Å². The minimum Gasteiger partial charge on any atom is -0.316 e. The summed E-state index contributed by atoms with van der Waals surface area (Å²) >= 11 is 0. The third kappa shape index (κ3) is 0.983. The fourth-order valence-corrected chi connectivity index (χ4v) is 2.34. The average Bonchev–Trinajstić information content (AvgIpc) is 2.33. The maximum Gasteiger partial charge on any atom is -0.00179 e. The minimum absolute atomic E-state index is 1.05. The molecule has 2 fully saturated rings. The second-order valence-electron chi connectivity index (χ2n) is 3.44. The molecular formula is C8H15N. The van der Waals surface area contributed by atoms with Crippen LogP contribution in [0.2, 0.25) is 0 Å². The minimum atomic E-state index is 1.05. The van der Waals surface area contributed by atoms with Crippen molar-refractivity contribution in [1.82, 2.24) is 5.32 Å². The van der Waals surface area contributed by atoms with Crippen molar-refractivity contribution in [1.29, 1.82) is 0 Å². The molecule has 0 amide bonds. The monoisotopic (exact) mass is 125 g/mol. The van der Waals surface area contributed by atoms with E-state index < -0.39 is 0 Å². The van der Waals surface area contributed by atoms with Crippen LogP contribution in [-0.2, 0) is 0 Å². The molecule has 0 aromatic heterocycles. The zero-order valence-electron chi connectivity index (χ0n) is 5.90. The number of nitrogens with one attached hydrogen (secondary N) is 1. The molecule has 0 aromatic rings. The first-order chi connectivity index (χ1) is 4.47. The molecule has 1 heteroatoms. The van der Waals surface area contributed by atoms with Crippen molar-refractivity contribution in [3.63, 3.8) is 0 Å². The summed E-state index contributed by atoms with van der Waals surface area (Å²) < 4.78 is 0. The molecule has 1 aliphatic heterocycles. The molecular weight excluding hydrogens is 110 g/mol. The van der Waals surface area contributed by atoms with Gasteiger partial charge >= 0.3 is 0 Å². The number of fused-ring (bicyclic) bond motifs is 1. The molecule has 52 valence electrons. The Morgan fingerprint density at radius 1 is 1.00 bits per heavy atom. The second kappa shape index (κ2) is 2.30. The van der Waals surface area contributed by atoms with Gasteiger partial charge in [-0.05, 0) is 37.8 Å². The highest BCUT2D eigenvalue weighted by atomic mass is 14.9. The molecule has 2 atom stereocenters. The number of hydrogen-bond donors (Lipinski definition) is 1. The third-order valence-electron chi connectivity index (χ3n) is 2.91. The summed E-state index contributed by atoms with van der Waals surface area (Å²) in [5.41, 5.74) is 0. The molecule has 0 bridgehead atoms. The molecule has 1 aliphatic carbocycles. The Morgan fingerprint density at radius 2 is 1.89 bits per heavy atom. The molecule has 0 radical (unpaired) electrons. The lowest BCUT2D eigenvalue weighted by Crippen LogP contribution is -2.33.